The zero-order valence-corrected chi connectivity index (χ0v) is 15.0. The van der Waals surface area contributed by atoms with Crippen molar-refractivity contribution in [2.75, 3.05) is 7.11 Å². The monoisotopic (exact) mass is 325 g/mol. The van der Waals surface area contributed by atoms with Crippen molar-refractivity contribution in [1.29, 1.82) is 5.26 Å². The number of nitrogens with zero attached hydrogens (tertiary/aromatic N) is 1. The van der Waals surface area contributed by atoms with Crippen LogP contribution >= 0.6 is 0 Å². The standard InChI is InChI=1S/C16H25NO4.C2H6/c1-3-16-11-13(7-9-15(18)19-2)20-14(16)8-6-12(21-16)5-4-10-17;1-2/h12-14H,3-9,11H2,1-2H3;1-2H3. The lowest BCUT2D eigenvalue weighted by Crippen LogP contribution is -2.47. The number of hydrogen-bond donors (Lipinski definition) is 0. The molecule has 0 amide bonds. The van der Waals surface area contributed by atoms with Gasteiger partial charge in [0.2, 0.25) is 0 Å². The second-order valence-corrected chi connectivity index (χ2v) is 6.00. The van der Waals surface area contributed by atoms with E-state index in [-0.39, 0.29) is 29.9 Å². The largest absolute Gasteiger partial charge is 0.469 e. The van der Waals surface area contributed by atoms with Crippen molar-refractivity contribution in [3.05, 3.63) is 0 Å². The predicted octanol–water partition coefficient (Wildman–Crippen LogP) is 3.75. The van der Waals surface area contributed by atoms with Crippen LogP contribution in [0, 0.1) is 11.3 Å². The van der Waals surface area contributed by atoms with Gasteiger partial charge in [-0.25, -0.2) is 0 Å². The van der Waals surface area contributed by atoms with Gasteiger partial charge in [0.1, 0.15) is 0 Å². The molecule has 0 aromatic carbocycles. The number of nitriles is 1. The highest BCUT2D eigenvalue weighted by Crippen LogP contribution is 2.45. The van der Waals surface area contributed by atoms with Crippen molar-refractivity contribution in [2.45, 2.75) is 96.1 Å². The van der Waals surface area contributed by atoms with Gasteiger partial charge in [-0.05, 0) is 32.1 Å². The minimum atomic E-state index is -0.223. The van der Waals surface area contributed by atoms with Crippen molar-refractivity contribution in [3.8, 4) is 6.07 Å². The topological polar surface area (TPSA) is 68.5 Å². The molecule has 4 atom stereocenters. The van der Waals surface area contributed by atoms with E-state index in [4.69, 9.17) is 14.7 Å². The summed E-state index contributed by atoms with van der Waals surface area (Å²) in [5, 5.41) is 8.72. The molecule has 2 fully saturated rings. The van der Waals surface area contributed by atoms with E-state index in [0.717, 1.165) is 32.1 Å². The lowest BCUT2D eigenvalue weighted by Gasteiger charge is -2.41. The molecule has 0 bridgehead atoms. The molecule has 2 rings (SSSR count). The van der Waals surface area contributed by atoms with Crippen molar-refractivity contribution in [3.63, 3.8) is 0 Å². The molecule has 132 valence electrons. The molecule has 2 aliphatic rings. The van der Waals surface area contributed by atoms with Gasteiger partial charge < -0.3 is 14.2 Å². The third-order valence-corrected chi connectivity index (χ3v) is 4.74. The average molecular weight is 325 g/mol. The van der Waals surface area contributed by atoms with Crippen LogP contribution in [0.5, 0.6) is 0 Å². The molecule has 5 heteroatoms. The fourth-order valence-corrected chi connectivity index (χ4v) is 3.54. The minimum absolute atomic E-state index is 0.0729. The van der Waals surface area contributed by atoms with Crippen LogP contribution in [0.2, 0.25) is 0 Å². The van der Waals surface area contributed by atoms with Crippen LogP contribution in [-0.4, -0.2) is 37.0 Å². The summed E-state index contributed by atoms with van der Waals surface area (Å²) in [6.45, 7) is 6.13. The summed E-state index contributed by atoms with van der Waals surface area (Å²) in [7, 11) is 1.41. The van der Waals surface area contributed by atoms with Gasteiger partial charge >= 0.3 is 5.97 Å². The molecule has 0 spiro atoms. The molecule has 0 aromatic heterocycles. The molecule has 2 saturated heterocycles. The van der Waals surface area contributed by atoms with E-state index < -0.39 is 0 Å². The molecule has 2 aliphatic heterocycles. The summed E-state index contributed by atoms with van der Waals surface area (Å²) < 4.78 is 17.1. The van der Waals surface area contributed by atoms with Gasteiger partial charge in [0.25, 0.3) is 0 Å². The number of carbonyl (C=O) groups is 1. The van der Waals surface area contributed by atoms with E-state index in [0.29, 0.717) is 19.3 Å². The number of fused-ring (bicyclic) bond motifs is 1. The summed E-state index contributed by atoms with van der Waals surface area (Å²) in [6, 6.07) is 2.19. The van der Waals surface area contributed by atoms with Crippen molar-refractivity contribution >= 4 is 5.97 Å². The maximum Gasteiger partial charge on any atom is 0.305 e. The van der Waals surface area contributed by atoms with Crippen molar-refractivity contribution in [1.82, 2.24) is 0 Å². The van der Waals surface area contributed by atoms with E-state index in [1.165, 1.54) is 7.11 Å². The highest BCUT2D eigenvalue weighted by Gasteiger charge is 2.51. The molecule has 0 saturated carbocycles. The molecule has 23 heavy (non-hydrogen) atoms. The van der Waals surface area contributed by atoms with E-state index >= 15 is 0 Å². The molecule has 4 unspecified atom stereocenters. The second-order valence-electron chi connectivity index (χ2n) is 6.00. The zero-order chi connectivity index (χ0) is 17.3. The number of ether oxygens (including phenoxy) is 3. The summed E-state index contributed by atoms with van der Waals surface area (Å²) >= 11 is 0. The second kappa shape index (κ2) is 9.89. The zero-order valence-electron chi connectivity index (χ0n) is 15.0. The summed E-state index contributed by atoms with van der Waals surface area (Å²) in [4.78, 5) is 11.3. The first-order valence-corrected chi connectivity index (χ1v) is 8.90. The lowest BCUT2D eigenvalue weighted by molar-refractivity contribution is -0.168. The number of carbonyl (C=O) groups excluding carboxylic acids is 1. The molecule has 2 heterocycles. The average Bonchev–Trinajstić information content (AvgIpc) is 2.97. The highest BCUT2D eigenvalue weighted by atomic mass is 16.6. The molecule has 0 radical (unpaired) electrons. The predicted molar refractivity (Wildman–Crippen MR) is 87.9 cm³/mol. The smallest absolute Gasteiger partial charge is 0.305 e. The van der Waals surface area contributed by atoms with Gasteiger partial charge in [-0.2, -0.15) is 5.26 Å². The van der Waals surface area contributed by atoms with Gasteiger partial charge in [0, 0.05) is 19.3 Å². The first-order valence-electron chi connectivity index (χ1n) is 8.90. The number of esters is 1. The summed E-state index contributed by atoms with van der Waals surface area (Å²) in [6.07, 6.45) is 6.50. The Labute approximate surface area is 140 Å². The molecule has 0 aromatic rings. The Kier molecular flexibility index (Phi) is 8.57. The van der Waals surface area contributed by atoms with E-state index in [9.17, 15) is 4.79 Å². The van der Waals surface area contributed by atoms with Gasteiger partial charge in [0.15, 0.2) is 0 Å². The molecule has 0 aliphatic carbocycles. The molecular weight excluding hydrogens is 294 g/mol. The fourth-order valence-electron chi connectivity index (χ4n) is 3.54. The van der Waals surface area contributed by atoms with Crippen LogP contribution < -0.4 is 0 Å². The Bertz CT molecular complexity index is 406. The Morgan fingerprint density at radius 1 is 1.30 bits per heavy atom. The van der Waals surface area contributed by atoms with Crippen LogP contribution in [0.1, 0.15) is 72.1 Å². The third-order valence-electron chi connectivity index (χ3n) is 4.74. The van der Waals surface area contributed by atoms with E-state index in [1.54, 1.807) is 0 Å². The van der Waals surface area contributed by atoms with Gasteiger partial charge in [-0.15, -0.1) is 0 Å². The normalized spacial score (nSPS) is 32.2. The quantitative estimate of drug-likeness (QED) is 0.696. The molecular formula is C18H31NO4. The van der Waals surface area contributed by atoms with Gasteiger partial charge in [-0.3, -0.25) is 4.79 Å². The third kappa shape index (κ3) is 5.19. The lowest BCUT2D eigenvalue weighted by atomic mass is 9.83. The van der Waals surface area contributed by atoms with Crippen LogP contribution in [0.25, 0.3) is 0 Å². The van der Waals surface area contributed by atoms with Crippen molar-refractivity contribution in [2.24, 2.45) is 0 Å². The van der Waals surface area contributed by atoms with Gasteiger partial charge in [0.05, 0.1) is 37.1 Å². The fraction of sp³-hybridized carbons (Fsp3) is 0.889. The highest BCUT2D eigenvalue weighted by molar-refractivity contribution is 5.69. The summed E-state index contributed by atoms with van der Waals surface area (Å²) in [5.74, 6) is -0.188. The first-order chi connectivity index (χ1) is 11.1. The van der Waals surface area contributed by atoms with E-state index in [2.05, 4.69) is 17.7 Å². The SMILES string of the molecule is CC.CCC12CC(CCC(=O)OC)OC1CCC(CCC#N)O2. The van der Waals surface area contributed by atoms with Gasteiger partial charge in [-0.1, -0.05) is 20.8 Å². The minimum Gasteiger partial charge on any atom is -0.469 e. The maximum absolute atomic E-state index is 11.3. The maximum atomic E-state index is 11.3. The number of hydrogen-bond acceptors (Lipinski definition) is 5. The van der Waals surface area contributed by atoms with Crippen LogP contribution in [-0.2, 0) is 19.0 Å². The van der Waals surface area contributed by atoms with E-state index in [1.807, 2.05) is 13.8 Å². The Morgan fingerprint density at radius 3 is 2.65 bits per heavy atom. The number of methoxy groups -OCH3 is 1. The molecule has 5 nitrogen and oxygen atoms in total. The van der Waals surface area contributed by atoms with Crippen LogP contribution in [0.4, 0.5) is 0 Å². The number of rotatable bonds is 6. The van der Waals surface area contributed by atoms with Crippen LogP contribution in [0.3, 0.4) is 0 Å². The van der Waals surface area contributed by atoms with Crippen LogP contribution in [0.15, 0.2) is 0 Å². The Balaban J connectivity index is 0.00000127. The molecule has 0 N–H and O–H groups in total. The Morgan fingerprint density at radius 2 is 2.04 bits per heavy atom. The summed E-state index contributed by atoms with van der Waals surface area (Å²) in [5.41, 5.74) is -0.223. The first kappa shape index (κ1) is 19.9. The Hall–Kier alpha value is -1.12. The van der Waals surface area contributed by atoms with Crippen molar-refractivity contribution < 1.29 is 19.0 Å².